The normalized spacial score (nSPS) is 12.7. The van der Waals surface area contributed by atoms with Crippen LogP contribution in [0.5, 0.6) is 0 Å². The molecule has 0 saturated carbocycles. The van der Waals surface area contributed by atoms with Gasteiger partial charge in [0.1, 0.15) is 0 Å². The fourth-order valence-electron chi connectivity index (χ4n) is 2.52. The van der Waals surface area contributed by atoms with Gasteiger partial charge in [-0.3, -0.25) is 5.10 Å². The van der Waals surface area contributed by atoms with Crippen molar-refractivity contribution in [1.29, 1.82) is 0 Å². The second-order valence-electron chi connectivity index (χ2n) is 6.57. The third-order valence-corrected chi connectivity index (χ3v) is 3.53. The molecule has 1 heterocycles. The smallest absolute Gasteiger partial charge is 0.319 e. The molecule has 6 nitrogen and oxygen atoms in total. The molecule has 124 valence electrons. The minimum Gasteiger partial charge on any atom is -0.393 e. The molecule has 0 saturated heterocycles. The van der Waals surface area contributed by atoms with E-state index in [1.807, 2.05) is 44.2 Å². The van der Waals surface area contributed by atoms with Gasteiger partial charge in [-0.15, -0.1) is 0 Å². The van der Waals surface area contributed by atoms with Crippen molar-refractivity contribution >= 4 is 11.7 Å². The summed E-state index contributed by atoms with van der Waals surface area (Å²) in [4.78, 5) is 12.0. The highest BCUT2D eigenvalue weighted by Gasteiger charge is 2.21. The number of aliphatic hydroxyl groups is 1. The lowest BCUT2D eigenvalue weighted by molar-refractivity contribution is 0.129. The van der Waals surface area contributed by atoms with Crippen molar-refractivity contribution in [2.75, 3.05) is 11.9 Å². The van der Waals surface area contributed by atoms with E-state index < -0.39 is 0 Å². The number of nitrogens with one attached hydrogen (secondary N) is 3. The zero-order valence-corrected chi connectivity index (χ0v) is 13.8. The molecule has 1 unspecified atom stereocenters. The highest BCUT2D eigenvalue weighted by atomic mass is 16.3. The third kappa shape index (κ3) is 5.41. The number of amides is 2. The van der Waals surface area contributed by atoms with Crippen molar-refractivity contribution < 1.29 is 9.90 Å². The summed E-state index contributed by atoms with van der Waals surface area (Å²) in [5.74, 6) is 0. The molecule has 2 rings (SSSR count). The largest absolute Gasteiger partial charge is 0.393 e. The zero-order chi connectivity index (χ0) is 16.9. The Morgan fingerprint density at radius 2 is 2.00 bits per heavy atom. The van der Waals surface area contributed by atoms with E-state index in [1.54, 1.807) is 13.1 Å². The summed E-state index contributed by atoms with van der Waals surface area (Å²) >= 11 is 0. The third-order valence-electron chi connectivity index (χ3n) is 3.53. The highest BCUT2D eigenvalue weighted by molar-refractivity contribution is 5.89. The summed E-state index contributed by atoms with van der Waals surface area (Å²) in [7, 11) is 0. The maximum absolute atomic E-state index is 12.0. The van der Waals surface area contributed by atoms with Gasteiger partial charge in [0.2, 0.25) is 0 Å². The number of carbonyl (C=O) groups is 1. The minimum atomic E-state index is -0.384. The molecule has 0 aliphatic heterocycles. The lowest BCUT2D eigenvalue weighted by atomic mass is 9.87. The molecule has 0 spiro atoms. The van der Waals surface area contributed by atoms with Gasteiger partial charge >= 0.3 is 6.03 Å². The van der Waals surface area contributed by atoms with Gasteiger partial charge in [-0.05, 0) is 42.5 Å². The Bertz CT molecular complexity index is 619. The van der Waals surface area contributed by atoms with E-state index in [9.17, 15) is 9.90 Å². The molecule has 23 heavy (non-hydrogen) atoms. The van der Waals surface area contributed by atoms with Crippen LogP contribution in [0.4, 0.5) is 10.5 Å². The van der Waals surface area contributed by atoms with Crippen LogP contribution in [0.2, 0.25) is 0 Å². The maximum atomic E-state index is 12.0. The van der Waals surface area contributed by atoms with Gasteiger partial charge in [0, 0.05) is 18.4 Å². The number of hydrogen-bond acceptors (Lipinski definition) is 3. The summed E-state index contributed by atoms with van der Waals surface area (Å²) < 4.78 is 0. The predicted molar refractivity (Wildman–Crippen MR) is 91.1 cm³/mol. The lowest BCUT2D eigenvalue weighted by Crippen LogP contribution is -2.38. The molecule has 2 aromatic rings. The van der Waals surface area contributed by atoms with Crippen molar-refractivity contribution in [3.8, 4) is 11.3 Å². The zero-order valence-electron chi connectivity index (χ0n) is 13.8. The second kappa shape index (κ2) is 7.28. The van der Waals surface area contributed by atoms with Crippen LogP contribution in [0.1, 0.15) is 27.2 Å². The van der Waals surface area contributed by atoms with Crippen LogP contribution in [-0.2, 0) is 0 Å². The Labute approximate surface area is 136 Å². The van der Waals surface area contributed by atoms with Gasteiger partial charge in [-0.2, -0.15) is 5.10 Å². The van der Waals surface area contributed by atoms with Crippen LogP contribution in [0.15, 0.2) is 36.5 Å². The molecule has 2 amide bonds. The van der Waals surface area contributed by atoms with Crippen LogP contribution in [-0.4, -0.2) is 34.0 Å². The number of urea groups is 1. The summed E-state index contributed by atoms with van der Waals surface area (Å²) in [5, 5.41) is 21.9. The van der Waals surface area contributed by atoms with Gasteiger partial charge in [0.05, 0.1) is 11.8 Å². The van der Waals surface area contributed by atoms with E-state index in [2.05, 4.69) is 20.8 Å². The van der Waals surface area contributed by atoms with Gasteiger partial charge < -0.3 is 15.7 Å². The first-order valence-corrected chi connectivity index (χ1v) is 7.68. The highest BCUT2D eigenvalue weighted by Crippen LogP contribution is 2.21. The van der Waals surface area contributed by atoms with Crippen LogP contribution in [0, 0.1) is 5.41 Å². The molecule has 0 bridgehead atoms. The van der Waals surface area contributed by atoms with Crippen molar-refractivity contribution in [2.24, 2.45) is 5.41 Å². The van der Waals surface area contributed by atoms with Crippen LogP contribution in [0.3, 0.4) is 0 Å². The topological polar surface area (TPSA) is 90.0 Å². The fraction of sp³-hybridized carbons (Fsp3) is 0.412. The minimum absolute atomic E-state index is 0.157. The van der Waals surface area contributed by atoms with E-state index in [-0.39, 0.29) is 17.6 Å². The molecule has 1 aromatic heterocycles. The molecule has 1 aromatic carbocycles. The van der Waals surface area contributed by atoms with E-state index in [0.29, 0.717) is 13.0 Å². The Kier molecular flexibility index (Phi) is 5.39. The first-order valence-electron chi connectivity index (χ1n) is 7.68. The number of hydrogen-bond donors (Lipinski definition) is 4. The standard InChI is InChI=1S/C17H24N4O2/c1-12(22)10-17(2,3)11-18-16(23)20-14-6-4-13(5-7-14)15-8-9-19-21-15/h4-9,12,22H,10-11H2,1-3H3,(H,19,21)(H2,18,20,23). The number of rotatable bonds is 6. The molecule has 0 aliphatic rings. The number of benzene rings is 1. The Hall–Kier alpha value is -2.34. The molecule has 0 radical (unpaired) electrons. The summed E-state index contributed by atoms with van der Waals surface area (Å²) in [6.07, 6.45) is 1.95. The van der Waals surface area contributed by atoms with Crippen molar-refractivity contribution in [3.63, 3.8) is 0 Å². The Morgan fingerprint density at radius 3 is 2.57 bits per heavy atom. The summed E-state index contributed by atoms with van der Waals surface area (Å²) in [5.41, 5.74) is 2.50. The van der Waals surface area contributed by atoms with Crippen molar-refractivity contribution in [3.05, 3.63) is 36.5 Å². The monoisotopic (exact) mass is 316 g/mol. The molecule has 0 fully saturated rings. The SMILES string of the molecule is CC(O)CC(C)(C)CNC(=O)Nc1ccc(-c2ccn[nH]2)cc1. The van der Waals surface area contributed by atoms with Crippen LogP contribution in [0.25, 0.3) is 11.3 Å². The summed E-state index contributed by atoms with van der Waals surface area (Å²) in [6, 6.07) is 9.16. The van der Waals surface area contributed by atoms with E-state index >= 15 is 0 Å². The molecular formula is C17H24N4O2. The molecule has 4 N–H and O–H groups in total. The first-order chi connectivity index (χ1) is 10.9. The number of aliphatic hydroxyl groups excluding tert-OH is 1. The van der Waals surface area contributed by atoms with Crippen molar-refractivity contribution in [1.82, 2.24) is 15.5 Å². The predicted octanol–water partition coefficient (Wildman–Crippen LogP) is 3.00. The van der Waals surface area contributed by atoms with Crippen LogP contribution >= 0.6 is 0 Å². The number of H-pyrrole nitrogens is 1. The number of aromatic amines is 1. The van der Waals surface area contributed by atoms with E-state index in [4.69, 9.17) is 0 Å². The maximum Gasteiger partial charge on any atom is 0.319 e. The van der Waals surface area contributed by atoms with Gasteiger partial charge in [0.15, 0.2) is 0 Å². The Morgan fingerprint density at radius 1 is 1.30 bits per heavy atom. The first kappa shape index (κ1) is 17.0. The molecule has 1 atom stereocenters. The lowest BCUT2D eigenvalue weighted by Gasteiger charge is -2.26. The summed E-state index contributed by atoms with van der Waals surface area (Å²) in [6.45, 7) is 6.28. The van der Waals surface area contributed by atoms with Gasteiger partial charge in [-0.25, -0.2) is 4.79 Å². The van der Waals surface area contributed by atoms with Gasteiger partial charge in [0.25, 0.3) is 0 Å². The molecule has 0 aliphatic carbocycles. The average Bonchev–Trinajstić information content (AvgIpc) is 2.99. The molecule has 6 heteroatoms. The second-order valence-corrected chi connectivity index (χ2v) is 6.57. The Balaban J connectivity index is 1.86. The van der Waals surface area contributed by atoms with Crippen LogP contribution < -0.4 is 10.6 Å². The quantitative estimate of drug-likeness (QED) is 0.660. The van der Waals surface area contributed by atoms with Gasteiger partial charge in [-0.1, -0.05) is 26.0 Å². The van der Waals surface area contributed by atoms with E-state index in [0.717, 1.165) is 16.9 Å². The van der Waals surface area contributed by atoms with E-state index in [1.165, 1.54) is 0 Å². The number of nitrogens with zero attached hydrogens (tertiary/aromatic N) is 1. The average molecular weight is 316 g/mol. The fourth-order valence-corrected chi connectivity index (χ4v) is 2.52. The number of carbonyl (C=O) groups excluding carboxylic acids is 1. The number of aromatic nitrogens is 2. The molecular weight excluding hydrogens is 292 g/mol. The van der Waals surface area contributed by atoms with Crippen molar-refractivity contribution in [2.45, 2.75) is 33.3 Å². The number of anilines is 1.